The van der Waals surface area contributed by atoms with E-state index in [0.29, 0.717) is 0 Å². The molecule has 0 aliphatic rings. The van der Waals surface area contributed by atoms with E-state index in [1.165, 1.54) is 0 Å². The number of nitrogens with one attached hydrogen (secondary N) is 1. The minimum Gasteiger partial charge on any atom is -0.389 e. The van der Waals surface area contributed by atoms with Gasteiger partial charge in [-0.1, -0.05) is 0 Å². The molecular weight excluding hydrogens is 297 g/mol. The molecule has 0 aliphatic carbocycles. The van der Waals surface area contributed by atoms with Crippen molar-refractivity contribution in [3.8, 4) is 0 Å². The quantitative estimate of drug-likeness (QED) is 0.499. The second kappa shape index (κ2) is 6.57. The minimum atomic E-state index is -2.23. The van der Waals surface area contributed by atoms with Gasteiger partial charge in [0.15, 0.2) is 23.3 Å². The summed E-state index contributed by atoms with van der Waals surface area (Å²) < 4.78 is 70.6. The Kier molecular flexibility index (Phi) is 5.52. The van der Waals surface area contributed by atoms with E-state index in [2.05, 4.69) is 0 Å². The van der Waals surface area contributed by atoms with Crippen molar-refractivity contribution in [2.75, 3.05) is 18.5 Å². The molecule has 1 atom stereocenters. The van der Waals surface area contributed by atoms with Gasteiger partial charge in [-0.05, 0) is 20.8 Å². The first-order chi connectivity index (χ1) is 9.54. The van der Waals surface area contributed by atoms with Gasteiger partial charge in [0.25, 0.3) is 0 Å². The Balaban J connectivity index is 2.76. The molecule has 1 unspecified atom stereocenters. The van der Waals surface area contributed by atoms with Crippen LogP contribution in [0.5, 0.6) is 0 Å². The van der Waals surface area contributed by atoms with Gasteiger partial charge in [0.2, 0.25) is 5.82 Å². The zero-order valence-corrected chi connectivity index (χ0v) is 11.7. The minimum absolute atomic E-state index is 0.161. The molecule has 0 aromatic heterocycles. The van der Waals surface area contributed by atoms with E-state index < -0.39 is 53.0 Å². The van der Waals surface area contributed by atoms with E-state index in [1.54, 1.807) is 20.8 Å². The molecular formula is C13H16F5NO2. The van der Waals surface area contributed by atoms with Crippen LogP contribution in [-0.4, -0.2) is 30.0 Å². The van der Waals surface area contributed by atoms with Crippen LogP contribution in [0.4, 0.5) is 27.6 Å². The lowest BCUT2D eigenvalue weighted by molar-refractivity contribution is -0.0450. The molecule has 1 rings (SSSR count). The number of halogens is 5. The van der Waals surface area contributed by atoms with Gasteiger partial charge in [0.1, 0.15) is 5.69 Å². The smallest absolute Gasteiger partial charge is 0.200 e. The highest BCUT2D eigenvalue weighted by molar-refractivity contribution is 5.47. The third kappa shape index (κ3) is 4.53. The number of ether oxygens (including phenoxy) is 1. The zero-order valence-electron chi connectivity index (χ0n) is 11.7. The molecule has 0 aliphatic heterocycles. The number of hydrogen-bond donors (Lipinski definition) is 2. The zero-order chi connectivity index (χ0) is 16.4. The SMILES string of the molecule is CC(C)(C)OCC(O)CNc1c(F)c(F)c(F)c(F)c1F. The van der Waals surface area contributed by atoms with Gasteiger partial charge in [-0.25, -0.2) is 22.0 Å². The molecule has 0 fully saturated rings. The fourth-order valence-corrected chi connectivity index (χ4v) is 1.39. The van der Waals surface area contributed by atoms with Crippen LogP contribution < -0.4 is 5.32 Å². The summed E-state index contributed by atoms with van der Waals surface area (Å²) in [6.45, 7) is 4.60. The standard InChI is InChI=1S/C13H16F5NO2/c1-13(2,3)21-5-6(20)4-19-12-10(17)8(15)7(14)9(16)11(12)18/h6,19-20H,4-5H2,1-3H3. The van der Waals surface area contributed by atoms with Gasteiger partial charge >= 0.3 is 0 Å². The van der Waals surface area contributed by atoms with E-state index >= 15 is 0 Å². The Morgan fingerprint density at radius 1 is 0.952 bits per heavy atom. The van der Waals surface area contributed by atoms with Crippen LogP contribution in [-0.2, 0) is 4.74 Å². The first-order valence-electron chi connectivity index (χ1n) is 6.12. The maximum Gasteiger partial charge on any atom is 0.200 e. The third-order valence-corrected chi connectivity index (χ3v) is 2.43. The molecule has 0 saturated heterocycles. The van der Waals surface area contributed by atoms with Crippen molar-refractivity contribution in [2.24, 2.45) is 0 Å². The van der Waals surface area contributed by atoms with Crippen LogP contribution in [0.1, 0.15) is 20.8 Å². The van der Waals surface area contributed by atoms with Gasteiger partial charge in [0, 0.05) is 6.54 Å². The number of rotatable bonds is 5. The average molecular weight is 313 g/mol. The maximum atomic E-state index is 13.3. The van der Waals surface area contributed by atoms with Crippen LogP contribution in [0.25, 0.3) is 0 Å². The van der Waals surface area contributed by atoms with Crippen molar-refractivity contribution < 1.29 is 31.8 Å². The number of benzene rings is 1. The van der Waals surface area contributed by atoms with Crippen molar-refractivity contribution >= 4 is 5.69 Å². The van der Waals surface area contributed by atoms with Crippen LogP contribution >= 0.6 is 0 Å². The predicted octanol–water partition coefficient (Wildman–Crippen LogP) is 2.97. The summed E-state index contributed by atoms with van der Waals surface area (Å²) in [5.41, 5.74) is -1.72. The summed E-state index contributed by atoms with van der Waals surface area (Å²) in [6, 6.07) is 0. The highest BCUT2D eigenvalue weighted by Gasteiger charge is 2.26. The van der Waals surface area contributed by atoms with Crippen LogP contribution in [0, 0.1) is 29.1 Å². The van der Waals surface area contributed by atoms with Gasteiger partial charge < -0.3 is 15.2 Å². The largest absolute Gasteiger partial charge is 0.389 e. The molecule has 8 heteroatoms. The first-order valence-corrected chi connectivity index (χ1v) is 6.12. The molecule has 0 radical (unpaired) electrons. The lowest BCUT2D eigenvalue weighted by atomic mass is 10.2. The van der Waals surface area contributed by atoms with Crippen molar-refractivity contribution in [3.05, 3.63) is 29.1 Å². The predicted molar refractivity (Wildman–Crippen MR) is 66.4 cm³/mol. The fraction of sp³-hybridized carbons (Fsp3) is 0.538. The fourth-order valence-electron chi connectivity index (χ4n) is 1.39. The second-order valence-corrected chi connectivity index (χ2v) is 5.40. The first kappa shape index (κ1) is 17.6. The Labute approximate surface area is 118 Å². The van der Waals surface area contributed by atoms with Crippen LogP contribution in [0.15, 0.2) is 0 Å². The topological polar surface area (TPSA) is 41.5 Å². The summed E-state index contributed by atoms with van der Waals surface area (Å²) in [5, 5.41) is 11.6. The normalized spacial score (nSPS) is 13.4. The lowest BCUT2D eigenvalue weighted by Gasteiger charge is -2.22. The van der Waals surface area contributed by atoms with Crippen molar-refractivity contribution in [1.82, 2.24) is 0 Å². The molecule has 1 aromatic rings. The molecule has 21 heavy (non-hydrogen) atoms. The average Bonchev–Trinajstić information content (AvgIpc) is 2.40. The summed E-state index contributed by atoms with van der Waals surface area (Å²) in [4.78, 5) is 0. The highest BCUT2D eigenvalue weighted by atomic mass is 19.2. The van der Waals surface area contributed by atoms with Crippen LogP contribution in [0.2, 0.25) is 0 Å². The Morgan fingerprint density at radius 3 is 1.81 bits per heavy atom. The Hall–Kier alpha value is -1.41. The van der Waals surface area contributed by atoms with E-state index in [0.717, 1.165) is 0 Å². The molecule has 3 nitrogen and oxygen atoms in total. The Bertz CT molecular complexity index is 487. The van der Waals surface area contributed by atoms with Crippen molar-refractivity contribution in [2.45, 2.75) is 32.5 Å². The van der Waals surface area contributed by atoms with Gasteiger partial charge in [-0.15, -0.1) is 0 Å². The molecule has 1 aromatic carbocycles. The second-order valence-electron chi connectivity index (χ2n) is 5.40. The molecule has 2 N–H and O–H groups in total. The molecule has 0 saturated carbocycles. The summed E-state index contributed by atoms with van der Waals surface area (Å²) in [6.07, 6.45) is -1.18. The third-order valence-electron chi connectivity index (χ3n) is 2.43. The van der Waals surface area contributed by atoms with Crippen molar-refractivity contribution in [3.63, 3.8) is 0 Å². The highest BCUT2D eigenvalue weighted by Crippen LogP contribution is 2.27. The lowest BCUT2D eigenvalue weighted by Crippen LogP contribution is -2.31. The summed E-state index contributed by atoms with van der Waals surface area (Å²) in [5.74, 6) is -10.3. The van der Waals surface area contributed by atoms with Crippen molar-refractivity contribution in [1.29, 1.82) is 0 Å². The molecule has 0 heterocycles. The maximum absolute atomic E-state index is 13.3. The Morgan fingerprint density at radius 2 is 1.38 bits per heavy atom. The number of aliphatic hydroxyl groups is 1. The number of hydrogen-bond acceptors (Lipinski definition) is 3. The summed E-state index contributed by atoms with van der Waals surface area (Å²) >= 11 is 0. The summed E-state index contributed by atoms with van der Waals surface area (Å²) in [7, 11) is 0. The van der Waals surface area contributed by atoms with E-state index in [9.17, 15) is 27.1 Å². The van der Waals surface area contributed by atoms with E-state index in [-0.39, 0.29) is 6.61 Å². The molecule has 120 valence electrons. The molecule has 0 spiro atoms. The monoisotopic (exact) mass is 313 g/mol. The van der Waals surface area contributed by atoms with Gasteiger partial charge in [0.05, 0.1) is 18.3 Å². The van der Waals surface area contributed by atoms with Gasteiger partial charge in [-0.3, -0.25) is 0 Å². The molecule has 0 bridgehead atoms. The van der Waals surface area contributed by atoms with Gasteiger partial charge in [-0.2, -0.15) is 0 Å². The van der Waals surface area contributed by atoms with E-state index in [4.69, 9.17) is 4.74 Å². The van der Waals surface area contributed by atoms with Crippen LogP contribution in [0.3, 0.4) is 0 Å². The van der Waals surface area contributed by atoms with E-state index in [1.807, 2.05) is 5.32 Å². The number of aliphatic hydroxyl groups excluding tert-OH is 1. The number of anilines is 1. The molecule has 0 amide bonds.